The lowest BCUT2D eigenvalue weighted by atomic mass is 10.1. The van der Waals surface area contributed by atoms with Crippen molar-refractivity contribution in [1.82, 2.24) is 4.98 Å². The van der Waals surface area contributed by atoms with Gasteiger partial charge in [0.15, 0.2) is 5.88 Å². The third-order valence-electron chi connectivity index (χ3n) is 5.28. The molecule has 0 unspecified atom stereocenters. The molecule has 0 radical (unpaired) electrons. The van der Waals surface area contributed by atoms with Gasteiger partial charge in [0.1, 0.15) is 0 Å². The van der Waals surface area contributed by atoms with Crippen molar-refractivity contribution in [2.75, 3.05) is 18.5 Å². The van der Waals surface area contributed by atoms with Crippen LogP contribution in [-0.4, -0.2) is 35.6 Å². The van der Waals surface area contributed by atoms with Gasteiger partial charge in [-0.1, -0.05) is 12.1 Å². The van der Waals surface area contributed by atoms with Crippen LogP contribution in [0.5, 0.6) is 5.88 Å². The predicted octanol–water partition coefficient (Wildman–Crippen LogP) is 5.54. The number of anilines is 1. The summed E-state index contributed by atoms with van der Waals surface area (Å²) >= 11 is 0. The minimum atomic E-state index is -4.52. The lowest BCUT2D eigenvalue weighted by Gasteiger charge is -2.26. The Hall–Kier alpha value is -3.00. The van der Waals surface area contributed by atoms with Gasteiger partial charge in [0.05, 0.1) is 16.8 Å². The number of hydrogen-bond acceptors (Lipinski definition) is 4. The fourth-order valence-corrected chi connectivity index (χ4v) is 3.74. The van der Waals surface area contributed by atoms with Crippen molar-refractivity contribution in [3.63, 3.8) is 0 Å². The Balaban J connectivity index is 1.66. The molecule has 2 heterocycles. The number of ether oxygens (including phenoxy) is 1. The molecule has 0 atom stereocenters. The molecule has 30 heavy (non-hydrogen) atoms. The van der Waals surface area contributed by atoms with E-state index in [2.05, 4.69) is 15.3 Å². The molecular weight excluding hydrogens is 395 g/mol. The van der Waals surface area contributed by atoms with E-state index >= 15 is 0 Å². The molecule has 0 spiro atoms. The number of aryl methyl sites for hydroxylation is 1. The first-order valence-corrected chi connectivity index (χ1v) is 9.73. The van der Waals surface area contributed by atoms with Crippen LogP contribution < -0.4 is 5.32 Å². The summed E-state index contributed by atoms with van der Waals surface area (Å²) in [5.74, 6) is -0.0723. The molecule has 1 aliphatic heterocycles. The molecule has 2 aromatic carbocycles. The molecule has 5 nitrogen and oxygen atoms in total. The number of nitrogens with one attached hydrogen (secondary N) is 2. The quantitative estimate of drug-likeness (QED) is 0.488. The third kappa shape index (κ3) is 4.14. The summed E-state index contributed by atoms with van der Waals surface area (Å²) < 4.78 is 46.2. The van der Waals surface area contributed by atoms with E-state index in [9.17, 15) is 18.3 Å². The average molecular weight is 417 g/mol. The minimum absolute atomic E-state index is 0.0409. The second-order valence-corrected chi connectivity index (χ2v) is 7.40. The zero-order valence-electron chi connectivity index (χ0n) is 16.4. The summed E-state index contributed by atoms with van der Waals surface area (Å²) in [6, 6.07) is 9.48. The van der Waals surface area contributed by atoms with Gasteiger partial charge in [0.2, 0.25) is 0 Å². The zero-order valence-corrected chi connectivity index (χ0v) is 16.4. The Kier molecular flexibility index (Phi) is 5.42. The number of rotatable bonds is 4. The van der Waals surface area contributed by atoms with E-state index < -0.39 is 11.7 Å². The fraction of sp³-hybridized carbons (Fsp3) is 0.318. The number of H-pyrrole nitrogens is 1. The summed E-state index contributed by atoms with van der Waals surface area (Å²) in [6.45, 7) is 2.97. The van der Waals surface area contributed by atoms with Crippen LogP contribution >= 0.6 is 0 Å². The number of nitrogens with zero attached hydrogens (tertiary/aromatic N) is 1. The lowest BCUT2D eigenvalue weighted by Crippen LogP contribution is -2.28. The number of alkyl halides is 3. The topological polar surface area (TPSA) is 69.6 Å². The van der Waals surface area contributed by atoms with E-state index in [0.717, 1.165) is 22.5 Å². The molecule has 158 valence electrons. The molecule has 1 fully saturated rings. The Labute approximate surface area is 171 Å². The number of aromatic amines is 1. The van der Waals surface area contributed by atoms with Gasteiger partial charge in [-0.3, -0.25) is 4.99 Å². The molecule has 3 N–H and O–H groups in total. The van der Waals surface area contributed by atoms with Crippen molar-refractivity contribution in [3.8, 4) is 5.88 Å². The largest absolute Gasteiger partial charge is 0.494 e. The third-order valence-corrected chi connectivity index (χ3v) is 5.28. The summed E-state index contributed by atoms with van der Waals surface area (Å²) in [5.41, 5.74) is 1.55. The number of fused-ring (bicyclic) bond motifs is 1. The van der Waals surface area contributed by atoms with Crippen molar-refractivity contribution in [2.24, 2.45) is 4.99 Å². The van der Waals surface area contributed by atoms with Crippen LogP contribution in [0.25, 0.3) is 10.9 Å². The second-order valence-electron chi connectivity index (χ2n) is 7.40. The second kappa shape index (κ2) is 8.02. The van der Waals surface area contributed by atoms with Crippen LogP contribution in [0.4, 0.5) is 24.5 Å². The van der Waals surface area contributed by atoms with Gasteiger partial charge >= 0.3 is 6.18 Å². The zero-order chi connectivity index (χ0) is 21.3. The van der Waals surface area contributed by atoms with Crippen molar-refractivity contribution >= 4 is 28.5 Å². The summed E-state index contributed by atoms with van der Waals surface area (Å²) in [4.78, 5) is 7.07. The van der Waals surface area contributed by atoms with Gasteiger partial charge in [-0.25, -0.2) is 0 Å². The molecular formula is C22H22F3N3O2. The van der Waals surface area contributed by atoms with Crippen LogP contribution in [0.15, 0.2) is 41.4 Å². The van der Waals surface area contributed by atoms with Gasteiger partial charge in [-0.15, -0.1) is 0 Å². The van der Waals surface area contributed by atoms with Crippen molar-refractivity contribution in [3.05, 3.63) is 53.1 Å². The van der Waals surface area contributed by atoms with Gasteiger partial charge < -0.3 is 20.1 Å². The predicted molar refractivity (Wildman–Crippen MR) is 111 cm³/mol. The first-order chi connectivity index (χ1) is 14.3. The molecule has 3 aromatic rings. The SMILES string of the molecule is Cc1cccc2[nH]c(O)c(C=Nc3ccc(NC4CCOCC4)c(C(F)(F)F)c3)c12. The monoisotopic (exact) mass is 417 g/mol. The lowest BCUT2D eigenvalue weighted by molar-refractivity contribution is -0.136. The van der Waals surface area contributed by atoms with E-state index in [1.807, 2.05) is 25.1 Å². The summed E-state index contributed by atoms with van der Waals surface area (Å²) in [5, 5.41) is 14.0. The van der Waals surface area contributed by atoms with E-state index in [-0.39, 0.29) is 23.3 Å². The maximum absolute atomic E-state index is 13.7. The van der Waals surface area contributed by atoms with Gasteiger partial charge in [0.25, 0.3) is 0 Å². The van der Waals surface area contributed by atoms with E-state index in [4.69, 9.17) is 4.74 Å². The minimum Gasteiger partial charge on any atom is -0.494 e. The Morgan fingerprint density at radius 3 is 2.70 bits per heavy atom. The highest BCUT2D eigenvalue weighted by molar-refractivity contribution is 6.04. The molecule has 1 aliphatic rings. The standard InChI is InChI=1S/C22H22F3N3O2/c1-13-3-2-4-19-20(13)16(21(29)28-19)12-26-15-5-6-18(17(11-15)22(23,24)25)27-14-7-9-30-10-8-14/h2-6,11-12,14,27-29H,7-10H2,1H3. The highest BCUT2D eigenvalue weighted by Crippen LogP contribution is 2.38. The van der Waals surface area contributed by atoms with Gasteiger partial charge in [-0.05, 0) is 49.6 Å². The highest BCUT2D eigenvalue weighted by atomic mass is 19.4. The van der Waals surface area contributed by atoms with E-state index in [1.54, 1.807) is 0 Å². The van der Waals surface area contributed by atoms with E-state index in [1.165, 1.54) is 18.3 Å². The maximum Gasteiger partial charge on any atom is 0.418 e. The first-order valence-electron chi connectivity index (χ1n) is 9.73. The molecule has 0 bridgehead atoms. The Morgan fingerprint density at radius 1 is 1.20 bits per heavy atom. The first kappa shape index (κ1) is 20.3. The Morgan fingerprint density at radius 2 is 1.97 bits per heavy atom. The van der Waals surface area contributed by atoms with Crippen molar-refractivity contribution in [2.45, 2.75) is 32.0 Å². The van der Waals surface area contributed by atoms with Crippen LogP contribution in [0.2, 0.25) is 0 Å². The van der Waals surface area contributed by atoms with E-state index in [0.29, 0.717) is 31.6 Å². The van der Waals surface area contributed by atoms with Gasteiger partial charge in [-0.2, -0.15) is 13.2 Å². The summed E-state index contributed by atoms with van der Waals surface area (Å²) in [7, 11) is 0. The number of hydrogen-bond donors (Lipinski definition) is 3. The maximum atomic E-state index is 13.7. The van der Waals surface area contributed by atoms with Crippen molar-refractivity contribution < 1.29 is 23.0 Å². The molecule has 4 rings (SSSR count). The number of aromatic nitrogens is 1. The summed E-state index contributed by atoms with van der Waals surface area (Å²) in [6.07, 6.45) is -1.80. The Bertz CT molecular complexity index is 1080. The van der Waals surface area contributed by atoms with Crippen LogP contribution in [-0.2, 0) is 10.9 Å². The van der Waals surface area contributed by atoms with Crippen LogP contribution in [0.3, 0.4) is 0 Å². The van der Waals surface area contributed by atoms with Crippen LogP contribution in [0, 0.1) is 6.92 Å². The molecule has 1 aromatic heterocycles. The van der Waals surface area contributed by atoms with Crippen molar-refractivity contribution in [1.29, 1.82) is 0 Å². The average Bonchev–Trinajstić information content (AvgIpc) is 3.03. The number of benzene rings is 2. The number of aromatic hydroxyl groups is 1. The highest BCUT2D eigenvalue weighted by Gasteiger charge is 2.34. The smallest absolute Gasteiger partial charge is 0.418 e. The van der Waals surface area contributed by atoms with Crippen LogP contribution in [0.1, 0.15) is 29.5 Å². The number of aliphatic imine (C=N–C) groups is 1. The molecule has 0 amide bonds. The molecule has 1 saturated heterocycles. The molecule has 0 aliphatic carbocycles. The number of halogens is 3. The normalized spacial score (nSPS) is 15.9. The van der Waals surface area contributed by atoms with Gasteiger partial charge in [0, 0.05) is 42.1 Å². The fourth-order valence-electron chi connectivity index (χ4n) is 3.74. The molecule has 0 saturated carbocycles. The molecule has 8 heteroatoms.